The summed E-state index contributed by atoms with van der Waals surface area (Å²) in [5.74, 6) is 0.891. The molecule has 3 aromatic rings. The highest BCUT2D eigenvalue weighted by molar-refractivity contribution is 6.31. The summed E-state index contributed by atoms with van der Waals surface area (Å²) < 4.78 is 11.6. The SMILES string of the molecule is C=CCOc1ccc(C2c3c(-c4cc(Cl)c(C)cc4O)n[nH]c3C(=O)N2CCCO)cc1OCC. The van der Waals surface area contributed by atoms with E-state index in [1.165, 1.54) is 0 Å². The summed E-state index contributed by atoms with van der Waals surface area (Å²) in [4.78, 5) is 15.1. The van der Waals surface area contributed by atoms with Gasteiger partial charge in [-0.3, -0.25) is 9.89 Å². The van der Waals surface area contributed by atoms with Crippen molar-refractivity contribution >= 4 is 17.5 Å². The molecule has 0 bridgehead atoms. The number of amides is 1. The van der Waals surface area contributed by atoms with Crippen LogP contribution in [0.3, 0.4) is 0 Å². The van der Waals surface area contributed by atoms with Crippen LogP contribution >= 0.6 is 11.6 Å². The van der Waals surface area contributed by atoms with Gasteiger partial charge in [0, 0.05) is 29.3 Å². The van der Waals surface area contributed by atoms with Crippen LogP contribution < -0.4 is 9.47 Å². The Hall–Kier alpha value is -3.49. The number of aryl methyl sites for hydroxylation is 1. The molecule has 2 aromatic carbocycles. The topological polar surface area (TPSA) is 108 Å². The Morgan fingerprint density at radius 1 is 1.26 bits per heavy atom. The Bertz CT molecular complexity index is 1260. The van der Waals surface area contributed by atoms with Gasteiger partial charge in [0.05, 0.1) is 12.6 Å². The van der Waals surface area contributed by atoms with Crippen molar-refractivity contribution in [1.29, 1.82) is 0 Å². The summed E-state index contributed by atoms with van der Waals surface area (Å²) in [5.41, 5.74) is 3.35. The second-order valence-corrected chi connectivity index (χ2v) is 8.60. The number of phenolic OH excluding ortho intramolecular Hbond substituents is 1. The number of carbonyl (C=O) groups excluding carboxylic acids is 1. The highest BCUT2D eigenvalue weighted by Gasteiger charge is 2.42. The van der Waals surface area contributed by atoms with Crippen molar-refractivity contribution in [2.75, 3.05) is 26.4 Å². The first kappa shape index (κ1) is 24.6. The highest BCUT2D eigenvalue weighted by Crippen LogP contribution is 2.46. The van der Waals surface area contributed by atoms with E-state index in [0.29, 0.717) is 65.2 Å². The van der Waals surface area contributed by atoms with Crippen LogP contribution in [0.5, 0.6) is 17.2 Å². The van der Waals surface area contributed by atoms with E-state index in [0.717, 1.165) is 11.1 Å². The number of rotatable bonds is 10. The van der Waals surface area contributed by atoms with E-state index in [1.807, 2.05) is 19.1 Å². The van der Waals surface area contributed by atoms with Gasteiger partial charge in [0.25, 0.3) is 5.91 Å². The van der Waals surface area contributed by atoms with Gasteiger partial charge in [-0.15, -0.1) is 0 Å². The van der Waals surface area contributed by atoms with E-state index in [9.17, 15) is 15.0 Å². The van der Waals surface area contributed by atoms with Gasteiger partial charge in [-0.1, -0.05) is 30.3 Å². The highest BCUT2D eigenvalue weighted by atomic mass is 35.5. The lowest BCUT2D eigenvalue weighted by Gasteiger charge is -2.27. The number of nitrogens with zero attached hydrogens (tertiary/aromatic N) is 2. The van der Waals surface area contributed by atoms with Crippen LogP contribution in [0, 0.1) is 6.92 Å². The van der Waals surface area contributed by atoms with Crippen molar-refractivity contribution in [2.45, 2.75) is 26.3 Å². The smallest absolute Gasteiger partial charge is 0.273 e. The third kappa shape index (κ3) is 4.59. The molecule has 0 aliphatic carbocycles. The van der Waals surface area contributed by atoms with Gasteiger partial charge in [-0.25, -0.2) is 0 Å². The molecule has 0 saturated carbocycles. The molecule has 2 heterocycles. The number of halogens is 1. The molecule has 1 unspecified atom stereocenters. The molecule has 8 nitrogen and oxygen atoms in total. The number of ether oxygens (including phenoxy) is 2. The molecule has 1 atom stereocenters. The number of aliphatic hydroxyl groups excluding tert-OH is 1. The average molecular weight is 498 g/mol. The average Bonchev–Trinajstić information content (AvgIpc) is 3.38. The molecule has 184 valence electrons. The minimum Gasteiger partial charge on any atom is -0.507 e. The first-order chi connectivity index (χ1) is 16.9. The number of carbonyl (C=O) groups is 1. The standard InChI is InChI=1S/C26H28ClN3O5/c1-4-11-35-20-8-7-16(13-21(20)34-5-2)25-22-23(17-14-18(27)15(3)12-19(17)32)28-29-24(22)26(33)30(25)9-6-10-31/h4,7-8,12-14,25,31-32H,1,5-6,9-11H2,2-3H3,(H,28,29). The molecular weight excluding hydrogens is 470 g/mol. The first-order valence-corrected chi connectivity index (χ1v) is 11.8. The van der Waals surface area contributed by atoms with Crippen LogP contribution in [-0.4, -0.2) is 57.6 Å². The Morgan fingerprint density at radius 2 is 2.06 bits per heavy atom. The largest absolute Gasteiger partial charge is 0.507 e. The van der Waals surface area contributed by atoms with Crippen LogP contribution in [0.1, 0.15) is 46.6 Å². The maximum atomic E-state index is 13.4. The van der Waals surface area contributed by atoms with Crippen molar-refractivity contribution in [3.05, 3.63) is 70.4 Å². The summed E-state index contributed by atoms with van der Waals surface area (Å²) in [7, 11) is 0. The van der Waals surface area contributed by atoms with Crippen LogP contribution in [-0.2, 0) is 0 Å². The van der Waals surface area contributed by atoms with Crippen LogP contribution in [0.4, 0.5) is 0 Å². The van der Waals surface area contributed by atoms with Crippen molar-refractivity contribution in [2.24, 2.45) is 0 Å². The number of aromatic nitrogens is 2. The summed E-state index contributed by atoms with van der Waals surface area (Å²) >= 11 is 6.36. The van der Waals surface area contributed by atoms with E-state index >= 15 is 0 Å². The van der Waals surface area contributed by atoms with Crippen LogP contribution in [0.15, 0.2) is 43.0 Å². The van der Waals surface area contributed by atoms with E-state index < -0.39 is 6.04 Å². The molecule has 4 rings (SSSR count). The number of nitrogens with one attached hydrogen (secondary N) is 1. The predicted octanol–water partition coefficient (Wildman–Crippen LogP) is 4.64. The van der Waals surface area contributed by atoms with Crippen molar-refractivity contribution < 1.29 is 24.5 Å². The Morgan fingerprint density at radius 3 is 2.77 bits per heavy atom. The fourth-order valence-electron chi connectivity index (χ4n) is 4.31. The Balaban J connectivity index is 1.87. The molecule has 1 aliphatic heterocycles. The lowest BCUT2D eigenvalue weighted by atomic mass is 9.95. The molecule has 0 saturated heterocycles. The molecule has 0 spiro atoms. The third-order valence-corrected chi connectivity index (χ3v) is 6.30. The van der Waals surface area contributed by atoms with Crippen LogP contribution in [0.25, 0.3) is 11.3 Å². The van der Waals surface area contributed by atoms with Gasteiger partial charge in [-0.05, 0) is 55.7 Å². The number of fused-ring (bicyclic) bond motifs is 1. The molecule has 0 radical (unpaired) electrons. The normalized spacial score (nSPS) is 14.8. The van der Waals surface area contributed by atoms with Gasteiger partial charge in [0.2, 0.25) is 0 Å². The Kier molecular flexibility index (Phi) is 7.33. The van der Waals surface area contributed by atoms with Gasteiger partial charge < -0.3 is 24.6 Å². The maximum absolute atomic E-state index is 13.4. The molecule has 35 heavy (non-hydrogen) atoms. The quantitative estimate of drug-likeness (QED) is 0.352. The maximum Gasteiger partial charge on any atom is 0.273 e. The summed E-state index contributed by atoms with van der Waals surface area (Å²) in [6.45, 7) is 8.41. The second-order valence-electron chi connectivity index (χ2n) is 8.20. The monoisotopic (exact) mass is 497 g/mol. The summed E-state index contributed by atoms with van der Waals surface area (Å²) in [6, 6.07) is 8.23. The number of aromatic amines is 1. The number of H-pyrrole nitrogens is 1. The van der Waals surface area contributed by atoms with E-state index in [2.05, 4.69) is 16.8 Å². The number of benzene rings is 2. The minimum atomic E-state index is -0.523. The third-order valence-electron chi connectivity index (χ3n) is 5.89. The minimum absolute atomic E-state index is 0.0179. The molecule has 0 fully saturated rings. The van der Waals surface area contributed by atoms with Crippen molar-refractivity contribution in [3.8, 4) is 28.5 Å². The summed E-state index contributed by atoms with van der Waals surface area (Å²) in [5, 5.41) is 27.9. The van der Waals surface area contributed by atoms with Gasteiger partial charge >= 0.3 is 0 Å². The molecule has 1 amide bonds. The zero-order valence-corrected chi connectivity index (χ0v) is 20.4. The molecule has 9 heteroatoms. The molecule has 1 aromatic heterocycles. The predicted molar refractivity (Wildman–Crippen MR) is 133 cm³/mol. The number of phenols is 1. The second kappa shape index (κ2) is 10.4. The van der Waals surface area contributed by atoms with Crippen molar-refractivity contribution in [1.82, 2.24) is 15.1 Å². The lowest BCUT2D eigenvalue weighted by molar-refractivity contribution is 0.0732. The molecule has 3 N–H and O–H groups in total. The van der Waals surface area contributed by atoms with E-state index in [-0.39, 0.29) is 18.3 Å². The fourth-order valence-corrected chi connectivity index (χ4v) is 4.47. The van der Waals surface area contributed by atoms with E-state index in [1.54, 1.807) is 36.1 Å². The summed E-state index contributed by atoms with van der Waals surface area (Å²) in [6.07, 6.45) is 2.06. The van der Waals surface area contributed by atoms with Gasteiger partial charge in [0.1, 0.15) is 23.7 Å². The zero-order valence-electron chi connectivity index (χ0n) is 19.7. The van der Waals surface area contributed by atoms with Crippen molar-refractivity contribution in [3.63, 3.8) is 0 Å². The van der Waals surface area contributed by atoms with Gasteiger partial charge in [-0.2, -0.15) is 5.10 Å². The molecular formula is C26H28ClN3O5. The van der Waals surface area contributed by atoms with Crippen LogP contribution in [0.2, 0.25) is 5.02 Å². The fraction of sp³-hybridized carbons (Fsp3) is 0.308. The number of aliphatic hydroxyl groups is 1. The zero-order chi connectivity index (χ0) is 25.1. The number of aromatic hydroxyl groups is 1. The van der Waals surface area contributed by atoms with Gasteiger partial charge in [0.15, 0.2) is 11.5 Å². The number of hydrogen-bond acceptors (Lipinski definition) is 6. The first-order valence-electron chi connectivity index (χ1n) is 11.4. The lowest BCUT2D eigenvalue weighted by Crippen LogP contribution is -2.31. The number of hydrogen-bond donors (Lipinski definition) is 3. The Labute approximate surface area is 208 Å². The van der Waals surface area contributed by atoms with E-state index in [4.69, 9.17) is 21.1 Å². The molecule has 1 aliphatic rings.